The van der Waals surface area contributed by atoms with Gasteiger partial charge in [-0.25, -0.2) is 0 Å². The lowest BCUT2D eigenvalue weighted by molar-refractivity contribution is 0.460. The molecule has 1 aromatic heterocycles. The number of nitriles is 1. The van der Waals surface area contributed by atoms with Crippen molar-refractivity contribution in [1.82, 2.24) is 4.98 Å². The van der Waals surface area contributed by atoms with E-state index < -0.39 is 0 Å². The van der Waals surface area contributed by atoms with Crippen LogP contribution in [0.5, 0.6) is 11.6 Å². The molecule has 2 aromatic rings. The van der Waals surface area contributed by atoms with E-state index in [2.05, 4.69) is 4.98 Å². The van der Waals surface area contributed by atoms with Gasteiger partial charge in [-0.2, -0.15) is 10.2 Å². The van der Waals surface area contributed by atoms with Gasteiger partial charge in [0.05, 0.1) is 16.7 Å². The van der Waals surface area contributed by atoms with Crippen LogP contribution in [0.2, 0.25) is 10.0 Å². The number of nitrogens with two attached hydrogens (primary N) is 1. The largest absolute Gasteiger partial charge is 0.437 e. The third-order valence-corrected chi connectivity index (χ3v) is 3.02. The number of nitrogen functional groups attached to an aromatic ring is 1. The number of aromatic nitrogens is 1. The van der Waals surface area contributed by atoms with Gasteiger partial charge in [-0.05, 0) is 30.7 Å². The first-order valence-electron chi connectivity index (χ1n) is 5.31. The predicted molar refractivity (Wildman–Crippen MR) is 74.6 cm³/mol. The molecule has 6 heteroatoms. The van der Waals surface area contributed by atoms with Gasteiger partial charge in [-0.3, -0.25) is 0 Å². The highest BCUT2D eigenvalue weighted by Crippen LogP contribution is 2.33. The number of ether oxygens (including phenoxy) is 1. The fourth-order valence-corrected chi connectivity index (χ4v) is 1.82. The first-order chi connectivity index (χ1) is 9.01. The first kappa shape index (κ1) is 13.5. The number of aryl methyl sites for hydroxylation is 1. The summed E-state index contributed by atoms with van der Waals surface area (Å²) in [6, 6.07) is 8.59. The summed E-state index contributed by atoms with van der Waals surface area (Å²) in [6.07, 6.45) is 0. The Hall–Kier alpha value is -1.96. The highest BCUT2D eigenvalue weighted by atomic mass is 35.5. The SMILES string of the molecule is Cc1ccc(C#N)cc1Oc1nc(N)c(Cl)cc1Cl. The molecular weight excluding hydrogens is 285 g/mol. The average Bonchev–Trinajstić information content (AvgIpc) is 2.38. The van der Waals surface area contributed by atoms with Crippen LogP contribution in [-0.4, -0.2) is 4.98 Å². The molecule has 0 saturated carbocycles. The van der Waals surface area contributed by atoms with E-state index in [4.69, 9.17) is 38.9 Å². The van der Waals surface area contributed by atoms with Crippen molar-refractivity contribution in [2.45, 2.75) is 6.92 Å². The smallest absolute Gasteiger partial charge is 0.240 e. The lowest BCUT2D eigenvalue weighted by atomic mass is 10.1. The lowest BCUT2D eigenvalue weighted by Gasteiger charge is -2.10. The molecule has 96 valence electrons. The van der Waals surface area contributed by atoms with E-state index in [1.807, 2.05) is 13.0 Å². The van der Waals surface area contributed by atoms with E-state index in [1.54, 1.807) is 18.2 Å². The monoisotopic (exact) mass is 293 g/mol. The first-order valence-corrected chi connectivity index (χ1v) is 6.07. The molecule has 0 saturated heterocycles. The molecule has 2 rings (SSSR count). The van der Waals surface area contributed by atoms with Gasteiger partial charge in [0.15, 0.2) is 0 Å². The van der Waals surface area contributed by atoms with E-state index in [0.29, 0.717) is 11.3 Å². The van der Waals surface area contributed by atoms with E-state index in [-0.39, 0.29) is 21.7 Å². The predicted octanol–water partition coefficient (Wildman–Crippen LogP) is 3.94. The molecule has 0 aliphatic carbocycles. The van der Waals surface area contributed by atoms with Crippen molar-refractivity contribution >= 4 is 29.0 Å². The van der Waals surface area contributed by atoms with Gasteiger partial charge >= 0.3 is 0 Å². The summed E-state index contributed by atoms with van der Waals surface area (Å²) in [6.45, 7) is 1.85. The quantitative estimate of drug-likeness (QED) is 0.910. The molecule has 0 unspecified atom stereocenters. The van der Waals surface area contributed by atoms with E-state index in [9.17, 15) is 0 Å². The molecule has 4 nitrogen and oxygen atoms in total. The highest BCUT2D eigenvalue weighted by Gasteiger charge is 2.11. The minimum atomic E-state index is 0.134. The van der Waals surface area contributed by atoms with Gasteiger partial charge in [-0.1, -0.05) is 29.3 Å². The van der Waals surface area contributed by atoms with Crippen molar-refractivity contribution in [2.75, 3.05) is 5.73 Å². The van der Waals surface area contributed by atoms with Gasteiger partial charge in [0.2, 0.25) is 5.88 Å². The maximum atomic E-state index is 8.87. The fourth-order valence-electron chi connectivity index (χ4n) is 1.42. The molecule has 0 spiro atoms. The molecule has 1 heterocycles. The second-order valence-electron chi connectivity index (χ2n) is 3.84. The van der Waals surface area contributed by atoms with Crippen LogP contribution in [0, 0.1) is 18.3 Å². The summed E-state index contributed by atoms with van der Waals surface area (Å²) in [7, 11) is 0. The van der Waals surface area contributed by atoms with Crippen molar-refractivity contribution in [2.24, 2.45) is 0 Å². The molecule has 0 bridgehead atoms. The van der Waals surface area contributed by atoms with E-state index >= 15 is 0 Å². The minimum absolute atomic E-state index is 0.134. The van der Waals surface area contributed by atoms with Gasteiger partial charge in [0, 0.05) is 0 Å². The molecule has 2 N–H and O–H groups in total. The summed E-state index contributed by atoms with van der Waals surface area (Å²) in [4.78, 5) is 3.97. The summed E-state index contributed by atoms with van der Waals surface area (Å²) in [5, 5.41) is 9.38. The Labute approximate surface area is 120 Å². The number of nitrogens with zero attached hydrogens (tertiary/aromatic N) is 2. The van der Waals surface area contributed by atoms with Gasteiger partial charge in [-0.15, -0.1) is 0 Å². The van der Waals surface area contributed by atoms with Crippen LogP contribution in [0.25, 0.3) is 0 Å². The Kier molecular flexibility index (Phi) is 3.79. The second kappa shape index (κ2) is 5.35. The van der Waals surface area contributed by atoms with Crippen LogP contribution in [0.15, 0.2) is 24.3 Å². The second-order valence-corrected chi connectivity index (χ2v) is 4.65. The number of halogens is 2. The number of pyridine rings is 1. The van der Waals surface area contributed by atoms with Crippen molar-refractivity contribution in [3.05, 3.63) is 45.4 Å². The third-order valence-electron chi connectivity index (χ3n) is 2.45. The van der Waals surface area contributed by atoms with E-state index in [0.717, 1.165) is 5.56 Å². The Morgan fingerprint density at radius 2 is 2.00 bits per heavy atom. The molecule has 0 aliphatic rings. The molecule has 1 aromatic carbocycles. The molecular formula is C13H9Cl2N3O. The minimum Gasteiger partial charge on any atom is -0.437 e. The number of hydrogen-bond donors (Lipinski definition) is 1. The number of rotatable bonds is 2. The number of anilines is 1. The standard InChI is InChI=1S/C13H9Cl2N3O/c1-7-2-3-8(6-16)4-11(7)19-13-10(15)5-9(14)12(17)18-13/h2-5H,1H3,(H2,17,18). The van der Waals surface area contributed by atoms with Crippen molar-refractivity contribution in [3.8, 4) is 17.7 Å². The average molecular weight is 294 g/mol. The van der Waals surface area contributed by atoms with Crippen molar-refractivity contribution in [1.29, 1.82) is 5.26 Å². The summed E-state index contributed by atoms with van der Waals surface area (Å²) in [5.74, 6) is 0.784. The zero-order valence-electron chi connectivity index (χ0n) is 9.95. The molecule has 0 radical (unpaired) electrons. The Bertz CT molecular complexity index is 680. The zero-order chi connectivity index (χ0) is 14.0. The van der Waals surface area contributed by atoms with Crippen LogP contribution in [-0.2, 0) is 0 Å². The lowest BCUT2D eigenvalue weighted by Crippen LogP contribution is -1.97. The highest BCUT2D eigenvalue weighted by molar-refractivity contribution is 6.36. The molecule has 19 heavy (non-hydrogen) atoms. The van der Waals surface area contributed by atoms with E-state index in [1.165, 1.54) is 6.07 Å². The molecule has 0 amide bonds. The van der Waals surface area contributed by atoms with Crippen molar-refractivity contribution < 1.29 is 4.74 Å². The Morgan fingerprint density at radius 3 is 2.68 bits per heavy atom. The van der Waals surface area contributed by atoms with Crippen molar-refractivity contribution in [3.63, 3.8) is 0 Å². The maximum absolute atomic E-state index is 8.87. The maximum Gasteiger partial charge on any atom is 0.240 e. The fraction of sp³-hybridized carbons (Fsp3) is 0.0769. The normalized spacial score (nSPS) is 10.0. The zero-order valence-corrected chi connectivity index (χ0v) is 11.5. The van der Waals surface area contributed by atoms with Gasteiger partial charge in [0.25, 0.3) is 0 Å². The summed E-state index contributed by atoms with van der Waals surface area (Å²) < 4.78 is 5.59. The molecule has 0 fully saturated rings. The van der Waals surface area contributed by atoms with Crippen LogP contribution in [0.1, 0.15) is 11.1 Å². The Balaban J connectivity index is 2.42. The van der Waals surface area contributed by atoms with Crippen LogP contribution >= 0.6 is 23.2 Å². The van der Waals surface area contributed by atoms with Gasteiger partial charge in [0.1, 0.15) is 16.6 Å². The number of hydrogen-bond acceptors (Lipinski definition) is 4. The Morgan fingerprint density at radius 1 is 1.26 bits per heavy atom. The topological polar surface area (TPSA) is 71.9 Å². The third kappa shape index (κ3) is 2.90. The van der Waals surface area contributed by atoms with Gasteiger partial charge < -0.3 is 10.5 Å². The van der Waals surface area contributed by atoms with Crippen LogP contribution in [0.4, 0.5) is 5.82 Å². The molecule has 0 atom stereocenters. The van der Waals surface area contributed by atoms with Crippen LogP contribution in [0.3, 0.4) is 0 Å². The summed E-state index contributed by atoms with van der Waals surface area (Å²) >= 11 is 11.8. The molecule has 0 aliphatic heterocycles. The van der Waals surface area contributed by atoms with Crippen LogP contribution < -0.4 is 10.5 Å². The number of benzene rings is 1. The summed E-state index contributed by atoms with van der Waals surface area (Å²) in [5.41, 5.74) is 6.94.